The topological polar surface area (TPSA) is 44.5 Å². The lowest BCUT2D eigenvalue weighted by molar-refractivity contribution is -0.0947. The molecular formula is C14H21NO2. The summed E-state index contributed by atoms with van der Waals surface area (Å²) in [6.45, 7) is 6.80. The lowest BCUT2D eigenvalue weighted by Gasteiger charge is -2.41. The fourth-order valence-corrected chi connectivity index (χ4v) is 2.15. The SMILES string of the molecule is CCOC1C(N)CC1Oc1cc(C)ccc1C. The summed E-state index contributed by atoms with van der Waals surface area (Å²) in [6, 6.07) is 6.36. The first-order chi connectivity index (χ1) is 8.11. The van der Waals surface area contributed by atoms with Crippen molar-refractivity contribution in [1.82, 2.24) is 0 Å². The molecule has 3 unspecified atom stereocenters. The third kappa shape index (κ3) is 2.61. The normalized spacial score (nSPS) is 27.6. The number of hydrogen-bond donors (Lipinski definition) is 1. The van der Waals surface area contributed by atoms with Crippen LogP contribution in [0.15, 0.2) is 18.2 Å². The minimum atomic E-state index is 0.0416. The van der Waals surface area contributed by atoms with Crippen molar-refractivity contribution >= 4 is 0 Å². The van der Waals surface area contributed by atoms with Crippen LogP contribution in [0, 0.1) is 13.8 Å². The summed E-state index contributed by atoms with van der Waals surface area (Å²) in [6.07, 6.45) is 1.02. The Morgan fingerprint density at radius 3 is 2.76 bits per heavy atom. The van der Waals surface area contributed by atoms with Crippen molar-refractivity contribution in [3.05, 3.63) is 29.3 Å². The van der Waals surface area contributed by atoms with Gasteiger partial charge in [-0.2, -0.15) is 0 Å². The zero-order chi connectivity index (χ0) is 12.4. The molecule has 0 bridgehead atoms. The molecule has 0 aromatic heterocycles. The molecule has 0 aliphatic heterocycles. The molecule has 1 aromatic carbocycles. The summed E-state index contributed by atoms with van der Waals surface area (Å²) in [7, 11) is 0. The van der Waals surface area contributed by atoms with Gasteiger partial charge in [0, 0.05) is 19.1 Å². The van der Waals surface area contributed by atoms with Gasteiger partial charge in [0.25, 0.3) is 0 Å². The standard InChI is InChI=1S/C14H21NO2/c1-4-16-14-11(15)8-13(14)17-12-7-9(2)5-6-10(12)3/h5-7,11,13-14H,4,8,15H2,1-3H3. The largest absolute Gasteiger partial charge is 0.487 e. The number of benzene rings is 1. The highest BCUT2D eigenvalue weighted by atomic mass is 16.5. The molecule has 17 heavy (non-hydrogen) atoms. The van der Waals surface area contributed by atoms with Crippen LogP contribution < -0.4 is 10.5 Å². The molecule has 0 spiro atoms. The zero-order valence-corrected chi connectivity index (χ0v) is 10.8. The molecule has 1 aliphatic carbocycles. The van der Waals surface area contributed by atoms with Gasteiger partial charge >= 0.3 is 0 Å². The lowest BCUT2D eigenvalue weighted by atomic mass is 9.86. The van der Waals surface area contributed by atoms with Gasteiger partial charge in [-0.1, -0.05) is 12.1 Å². The fraction of sp³-hybridized carbons (Fsp3) is 0.571. The Hall–Kier alpha value is -1.06. The highest BCUT2D eigenvalue weighted by Crippen LogP contribution is 2.29. The minimum absolute atomic E-state index is 0.0416. The first-order valence-electron chi connectivity index (χ1n) is 6.23. The van der Waals surface area contributed by atoms with Gasteiger partial charge in [-0.3, -0.25) is 0 Å². The maximum atomic E-state index is 5.99. The first-order valence-corrected chi connectivity index (χ1v) is 6.23. The van der Waals surface area contributed by atoms with Crippen molar-refractivity contribution < 1.29 is 9.47 Å². The summed E-state index contributed by atoms with van der Waals surface area (Å²) in [5.74, 6) is 0.951. The summed E-state index contributed by atoms with van der Waals surface area (Å²) in [5.41, 5.74) is 8.28. The van der Waals surface area contributed by atoms with E-state index in [9.17, 15) is 0 Å². The van der Waals surface area contributed by atoms with E-state index in [-0.39, 0.29) is 18.2 Å². The fourth-order valence-electron chi connectivity index (χ4n) is 2.15. The Morgan fingerprint density at radius 1 is 1.35 bits per heavy atom. The van der Waals surface area contributed by atoms with Crippen molar-refractivity contribution in [1.29, 1.82) is 0 Å². The molecule has 3 heteroatoms. The van der Waals surface area contributed by atoms with Crippen LogP contribution in [0.25, 0.3) is 0 Å². The van der Waals surface area contributed by atoms with Gasteiger partial charge < -0.3 is 15.2 Å². The molecule has 3 atom stereocenters. The van der Waals surface area contributed by atoms with Gasteiger partial charge in [0.15, 0.2) is 0 Å². The van der Waals surface area contributed by atoms with Gasteiger partial charge in [-0.05, 0) is 38.0 Å². The van der Waals surface area contributed by atoms with Crippen molar-refractivity contribution in [3.63, 3.8) is 0 Å². The monoisotopic (exact) mass is 235 g/mol. The van der Waals surface area contributed by atoms with Crippen LogP contribution in [0.2, 0.25) is 0 Å². The van der Waals surface area contributed by atoms with E-state index in [0.717, 1.165) is 17.7 Å². The van der Waals surface area contributed by atoms with Gasteiger partial charge in [-0.25, -0.2) is 0 Å². The molecule has 1 aliphatic rings. The molecule has 0 heterocycles. The van der Waals surface area contributed by atoms with E-state index in [1.165, 1.54) is 5.56 Å². The van der Waals surface area contributed by atoms with E-state index in [0.29, 0.717) is 6.61 Å². The zero-order valence-electron chi connectivity index (χ0n) is 10.8. The van der Waals surface area contributed by atoms with Gasteiger partial charge in [0.05, 0.1) is 0 Å². The molecule has 1 fully saturated rings. The van der Waals surface area contributed by atoms with Crippen molar-refractivity contribution in [2.75, 3.05) is 6.61 Å². The summed E-state index contributed by atoms with van der Waals surface area (Å²) >= 11 is 0. The van der Waals surface area contributed by atoms with Crippen molar-refractivity contribution in [2.24, 2.45) is 5.73 Å². The second-order valence-electron chi connectivity index (χ2n) is 4.74. The number of hydrogen-bond acceptors (Lipinski definition) is 3. The second kappa shape index (κ2) is 5.07. The van der Waals surface area contributed by atoms with Gasteiger partial charge in [0.1, 0.15) is 18.0 Å². The molecule has 0 radical (unpaired) electrons. The highest BCUT2D eigenvalue weighted by molar-refractivity contribution is 5.36. The van der Waals surface area contributed by atoms with Crippen LogP contribution in [0.3, 0.4) is 0 Å². The summed E-state index contributed by atoms with van der Waals surface area (Å²) in [4.78, 5) is 0. The molecular weight excluding hydrogens is 214 g/mol. The Labute approximate surface area is 103 Å². The molecule has 2 N–H and O–H groups in total. The predicted octanol–water partition coefficient (Wildman–Crippen LogP) is 2.19. The number of ether oxygens (including phenoxy) is 2. The third-order valence-corrected chi connectivity index (χ3v) is 3.27. The summed E-state index contributed by atoms with van der Waals surface area (Å²) < 4.78 is 11.6. The van der Waals surface area contributed by atoms with Gasteiger partial charge in [0.2, 0.25) is 0 Å². The van der Waals surface area contributed by atoms with Crippen LogP contribution in [0.1, 0.15) is 24.5 Å². The van der Waals surface area contributed by atoms with E-state index in [1.807, 2.05) is 6.92 Å². The van der Waals surface area contributed by atoms with Crippen LogP contribution in [0.5, 0.6) is 5.75 Å². The van der Waals surface area contributed by atoms with Crippen LogP contribution >= 0.6 is 0 Å². The Kier molecular flexibility index (Phi) is 3.69. The van der Waals surface area contributed by atoms with E-state index < -0.39 is 0 Å². The lowest BCUT2D eigenvalue weighted by Crippen LogP contribution is -2.59. The maximum absolute atomic E-state index is 5.99. The Balaban J connectivity index is 2.03. The number of nitrogens with two attached hydrogens (primary N) is 1. The van der Waals surface area contributed by atoms with E-state index in [1.54, 1.807) is 0 Å². The van der Waals surface area contributed by atoms with E-state index in [4.69, 9.17) is 15.2 Å². The number of rotatable bonds is 4. The first kappa shape index (κ1) is 12.4. The molecule has 1 saturated carbocycles. The third-order valence-electron chi connectivity index (χ3n) is 3.27. The highest BCUT2D eigenvalue weighted by Gasteiger charge is 2.41. The minimum Gasteiger partial charge on any atom is -0.487 e. The second-order valence-corrected chi connectivity index (χ2v) is 4.74. The quantitative estimate of drug-likeness (QED) is 0.870. The molecule has 0 saturated heterocycles. The van der Waals surface area contributed by atoms with Gasteiger partial charge in [-0.15, -0.1) is 0 Å². The Morgan fingerprint density at radius 2 is 2.12 bits per heavy atom. The molecule has 1 aromatic rings. The van der Waals surface area contributed by atoms with Crippen LogP contribution in [-0.4, -0.2) is 24.9 Å². The average molecular weight is 235 g/mol. The van der Waals surface area contributed by atoms with E-state index >= 15 is 0 Å². The Bertz CT molecular complexity index is 392. The molecule has 3 nitrogen and oxygen atoms in total. The predicted molar refractivity (Wildman–Crippen MR) is 68.3 cm³/mol. The molecule has 94 valence electrons. The van der Waals surface area contributed by atoms with Crippen molar-refractivity contribution in [2.45, 2.75) is 45.4 Å². The van der Waals surface area contributed by atoms with Crippen LogP contribution in [0.4, 0.5) is 0 Å². The smallest absolute Gasteiger partial charge is 0.128 e. The van der Waals surface area contributed by atoms with Crippen molar-refractivity contribution in [3.8, 4) is 5.75 Å². The molecule has 0 amide bonds. The summed E-state index contributed by atoms with van der Waals surface area (Å²) in [5, 5.41) is 0. The average Bonchev–Trinajstić information content (AvgIpc) is 2.30. The van der Waals surface area contributed by atoms with Crippen LogP contribution in [-0.2, 0) is 4.74 Å². The molecule has 2 rings (SSSR count). The van der Waals surface area contributed by atoms with E-state index in [2.05, 4.69) is 32.0 Å². The maximum Gasteiger partial charge on any atom is 0.128 e. The number of aryl methyl sites for hydroxylation is 2.